The molecule has 3 unspecified atom stereocenters. The lowest BCUT2D eigenvalue weighted by atomic mass is 9.91. The van der Waals surface area contributed by atoms with Crippen molar-refractivity contribution in [2.45, 2.75) is 57.2 Å². The van der Waals surface area contributed by atoms with Crippen LogP contribution >= 0.6 is 12.4 Å². The predicted octanol–water partition coefficient (Wildman–Crippen LogP) is 1.22. The summed E-state index contributed by atoms with van der Waals surface area (Å²) in [4.78, 5) is 11.7. The van der Waals surface area contributed by atoms with Gasteiger partial charge in [0.05, 0.1) is 0 Å². The molecular weight excluding hydrogens is 228 g/mol. The van der Waals surface area contributed by atoms with Crippen LogP contribution < -0.4 is 11.1 Å². The highest BCUT2D eigenvalue weighted by Gasteiger charge is 2.23. The first-order chi connectivity index (χ1) is 7.17. The molecule has 0 aliphatic heterocycles. The van der Waals surface area contributed by atoms with Crippen LogP contribution in [0.1, 0.15) is 39.0 Å². The summed E-state index contributed by atoms with van der Waals surface area (Å²) in [6.07, 6.45) is 4.51. The van der Waals surface area contributed by atoms with Gasteiger partial charge in [-0.25, -0.2) is 0 Å². The van der Waals surface area contributed by atoms with Crippen LogP contribution in [0, 0.1) is 0 Å². The second-order valence-electron chi connectivity index (χ2n) is 4.26. The van der Waals surface area contributed by atoms with Gasteiger partial charge in [0.1, 0.15) is 6.10 Å². The molecular formula is C11H23ClN2O2. The molecule has 1 aliphatic rings. The van der Waals surface area contributed by atoms with Crippen LogP contribution in [0.25, 0.3) is 0 Å². The number of nitrogens with two attached hydrogens (primary N) is 1. The number of carbonyl (C=O) groups is 1. The van der Waals surface area contributed by atoms with Gasteiger partial charge in [-0.05, 0) is 32.1 Å². The van der Waals surface area contributed by atoms with Crippen molar-refractivity contribution in [1.82, 2.24) is 5.32 Å². The fourth-order valence-corrected chi connectivity index (χ4v) is 2.11. The van der Waals surface area contributed by atoms with Crippen LogP contribution in [0.3, 0.4) is 0 Å². The molecule has 0 aromatic carbocycles. The largest absolute Gasteiger partial charge is 0.372 e. The van der Waals surface area contributed by atoms with Gasteiger partial charge in [-0.2, -0.15) is 0 Å². The highest BCUT2D eigenvalue weighted by molar-refractivity contribution is 5.85. The number of nitrogens with one attached hydrogen (secondary N) is 1. The van der Waals surface area contributed by atoms with Crippen molar-refractivity contribution in [2.75, 3.05) is 7.11 Å². The van der Waals surface area contributed by atoms with Crippen LogP contribution in [0.15, 0.2) is 0 Å². The molecule has 0 heterocycles. The Bertz CT molecular complexity index is 210. The Morgan fingerprint density at radius 3 is 2.75 bits per heavy atom. The summed E-state index contributed by atoms with van der Waals surface area (Å²) in [6.45, 7) is 1.94. The van der Waals surface area contributed by atoms with Gasteiger partial charge in [-0.15, -0.1) is 12.4 Å². The molecule has 0 aromatic heterocycles. The number of hydrogen-bond donors (Lipinski definition) is 2. The molecule has 4 nitrogen and oxygen atoms in total. The molecule has 0 aromatic rings. The Hall–Kier alpha value is -0.320. The second kappa shape index (κ2) is 7.87. The van der Waals surface area contributed by atoms with E-state index in [1.54, 1.807) is 7.11 Å². The van der Waals surface area contributed by atoms with Gasteiger partial charge in [0, 0.05) is 19.2 Å². The summed E-state index contributed by atoms with van der Waals surface area (Å²) < 4.78 is 5.09. The van der Waals surface area contributed by atoms with E-state index < -0.39 is 0 Å². The van der Waals surface area contributed by atoms with Crippen LogP contribution in [0.4, 0.5) is 0 Å². The number of ether oxygens (including phenoxy) is 1. The zero-order valence-electron chi connectivity index (χ0n) is 10.1. The van der Waals surface area contributed by atoms with Gasteiger partial charge < -0.3 is 15.8 Å². The van der Waals surface area contributed by atoms with E-state index in [1.807, 2.05) is 6.92 Å². The molecule has 0 saturated heterocycles. The Morgan fingerprint density at radius 2 is 2.25 bits per heavy atom. The molecule has 0 radical (unpaired) electrons. The van der Waals surface area contributed by atoms with E-state index in [9.17, 15) is 4.79 Å². The average molecular weight is 251 g/mol. The molecule has 5 heteroatoms. The molecule has 1 amide bonds. The molecule has 0 bridgehead atoms. The molecule has 3 atom stereocenters. The molecule has 96 valence electrons. The van der Waals surface area contributed by atoms with E-state index in [0.717, 1.165) is 25.7 Å². The van der Waals surface area contributed by atoms with Gasteiger partial charge in [0.25, 0.3) is 0 Å². The van der Waals surface area contributed by atoms with Crippen molar-refractivity contribution in [3.8, 4) is 0 Å². The minimum absolute atomic E-state index is 0. The first-order valence-corrected chi connectivity index (χ1v) is 5.76. The van der Waals surface area contributed by atoms with Gasteiger partial charge in [0.15, 0.2) is 0 Å². The van der Waals surface area contributed by atoms with Crippen molar-refractivity contribution in [1.29, 1.82) is 0 Å². The first-order valence-electron chi connectivity index (χ1n) is 5.76. The Labute approximate surface area is 104 Å². The van der Waals surface area contributed by atoms with Crippen LogP contribution in [0.2, 0.25) is 0 Å². The fourth-order valence-electron chi connectivity index (χ4n) is 2.11. The van der Waals surface area contributed by atoms with Gasteiger partial charge >= 0.3 is 0 Å². The van der Waals surface area contributed by atoms with E-state index in [0.29, 0.717) is 6.42 Å². The van der Waals surface area contributed by atoms with Crippen molar-refractivity contribution >= 4 is 18.3 Å². The third-order valence-corrected chi connectivity index (χ3v) is 3.01. The topological polar surface area (TPSA) is 64.3 Å². The quantitative estimate of drug-likeness (QED) is 0.789. The lowest BCUT2D eigenvalue weighted by molar-refractivity contribution is -0.132. The number of carbonyl (C=O) groups excluding carboxylic acids is 1. The Balaban J connectivity index is 0.00000225. The summed E-state index contributed by atoms with van der Waals surface area (Å²) >= 11 is 0. The van der Waals surface area contributed by atoms with E-state index >= 15 is 0 Å². The summed E-state index contributed by atoms with van der Waals surface area (Å²) in [5.41, 5.74) is 5.86. The zero-order valence-corrected chi connectivity index (χ0v) is 10.9. The molecule has 1 rings (SSSR count). The Kier molecular flexibility index (Phi) is 7.72. The molecule has 16 heavy (non-hydrogen) atoms. The SMILES string of the molecule is CCC(OC)C(=O)NC1CCCC(N)C1.Cl. The van der Waals surface area contributed by atoms with Crippen molar-refractivity contribution in [3.63, 3.8) is 0 Å². The first kappa shape index (κ1) is 15.7. The van der Waals surface area contributed by atoms with E-state index in [2.05, 4.69) is 5.32 Å². The lowest BCUT2D eigenvalue weighted by Crippen LogP contribution is -2.46. The van der Waals surface area contributed by atoms with Crippen LogP contribution in [0.5, 0.6) is 0 Å². The van der Waals surface area contributed by atoms with Crippen molar-refractivity contribution in [3.05, 3.63) is 0 Å². The summed E-state index contributed by atoms with van der Waals surface area (Å²) in [5.74, 6) is -0.000833. The second-order valence-corrected chi connectivity index (χ2v) is 4.26. The smallest absolute Gasteiger partial charge is 0.249 e. The molecule has 3 N–H and O–H groups in total. The Morgan fingerprint density at radius 1 is 1.56 bits per heavy atom. The zero-order chi connectivity index (χ0) is 11.3. The van der Waals surface area contributed by atoms with Gasteiger partial charge in [-0.3, -0.25) is 4.79 Å². The third-order valence-electron chi connectivity index (χ3n) is 3.01. The molecule has 1 fully saturated rings. The summed E-state index contributed by atoms with van der Waals surface area (Å²) in [6, 6.07) is 0.483. The number of halogens is 1. The van der Waals surface area contributed by atoms with Crippen LogP contribution in [-0.4, -0.2) is 31.2 Å². The summed E-state index contributed by atoms with van der Waals surface area (Å²) in [7, 11) is 1.57. The highest BCUT2D eigenvalue weighted by Crippen LogP contribution is 2.17. The van der Waals surface area contributed by atoms with E-state index in [-0.39, 0.29) is 36.5 Å². The monoisotopic (exact) mass is 250 g/mol. The minimum Gasteiger partial charge on any atom is -0.372 e. The van der Waals surface area contributed by atoms with Crippen LogP contribution in [-0.2, 0) is 9.53 Å². The number of hydrogen-bond acceptors (Lipinski definition) is 3. The number of rotatable bonds is 4. The molecule has 1 saturated carbocycles. The minimum atomic E-state index is -0.317. The summed E-state index contributed by atoms with van der Waals surface area (Å²) in [5, 5.41) is 3.01. The predicted molar refractivity (Wildman–Crippen MR) is 66.7 cm³/mol. The van der Waals surface area contributed by atoms with Crippen molar-refractivity contribution in [2.24, 2.45) is 5.73 Å². The van der Waals surface area contributed by atoms with Crippen molar-refractivity contribution < 1.29 is 9.53 Å². The van der Waals surface area contributed by atoms with Gasteiger partial charge in [-0.1, -0.05) is 6.92 Å². The van der Waals surface area contributed by atoms with E-state index in [4.69, 9.17) is 10.5 Å². The van der Waals surface area contributed by atoms with E-state index in [1.165, 1.54) is 0 Å². The maximum Gasteiger partial charge on any atom is 0.249 e. The number of amides is 1. The molecule has 0 spiro atoms. The standard InChI is InChI=1S/C11H22N2O2.ClH/c1-3-10(15-2)11(14)13-9-6-4-5-8(12)7-9;/h8-10H,3-7,12H2,1-2H3,(H,13,14);1H. The highest BCUT2D eigenvalue weighted by atomic mass is 35.5. The molecule has 1 aliphatic carbocycles. The normalized spacial score (nSPS) is 26.7. The third kappa shape index (κ3) is 4.68. The average Bonchev–Trinajstić information content (AvgIpc) is 2.19. The lowest BCUT2D eigenvalue weighted by Gasteiger charge is -2.28. The maximum atomic E-state index is 11.7. The van der Waals surface area contributed by atoms with Gasteiger partial charge in [0.2, 0.25) is 5.91 Å². The number of methoxy groups -OCH3 is 1. The fraction of sp³-hybridized carbons (Fsp3) is 0.909. The maximum absolute atomic E-state index is 11.7.